The van der Waals surface area contributed by atoms with Gasteiger partial charge in [0.25, 0.3) is 5.79 Å². The zero-order valence-electron chi connectivity index (χ0n) is 30.6. The molecule has 2 aliphatic rings. The number of hydrogen-bond acceptors (Lipinski definition) is 2. The molecule has 0 N–H and O–H groups in total. The lowest BCUT2D eigenvalue weighted by atomic mass is 9.65. The molecule has 1 spiro atoms. The van der Waals surface area contributed by atoms with Crippen molar-refractivity contribution in [2.45, 2.75) is 72.0 Å². The highest BCUT2D eigenvalue weighted by Gasteiger charge is 2.69. The van der Waals surface area contributed by atoms with Crippen LogP contribution in [0, 0.1) is 27.7 Å². The van der Waals surface area contributed by atoms with Crippen LogP contribution >= 0.6 is 0 Å². The summed E-state index contributed by atoms with van der Waals surface area (Å²) in [5.41, 5.74) is 13.5. The molecule has 4 nitrogen and oxygen atoms in total. The number of aromatic nitrogens is 2. The van der Waals surface area contributed by atoms with Crippen LogP contribution in [0.2, 0.25) is 0 Å². The monoisotopic (exact) mass is 666 g/mol. The van der Waals surface area contributed by atoms with E-state index in [9.17, 15) is 0 Å². The van der Waals surface area contributed by atoms with Gasteiger partial charge in [-0.2, -0.15) is 0 Å². The average Bonchev–Trinajstić information content (AvgIpc) is 3.73. The molecule has 2 aromatic heterocycles. The third-order valence-electron chi connectivity index (χ3n) is 12.1. The van der Waals surface area contributed by atoms with Crippen LogP contribution in [-0.4, -0.2) is 14.9 Å². The minimum absolute atomic E-state index is 0.477. The summed E-state index contributed by atoms with van der Waals surface area (Å²) in [4.78, 5) is 0. The first kappa shape index (κ1) is 30.4. The summed E-state index contributed by atoms with van der Waals surface area (Å²) < 4.78 is 19.0. The Morgan fingerprint density at radius 3 is 1.02 bits per heavy atom. The van der Waals surface area contributed by atoms with Crippen molar-refractivity contribution >= 4 is 43.6 Å². The van der Waals surface area contributed by atoms with Crippen LogP contribution in [0.4, 0.5) is 0 Å². The summed E-state index contributed by atoms with van der Waals surface area (Å²) in [5.74, 6) is 0.822. The van der Waals surface area contributed by atoms with Crippen LogP contribution in [0.3, 0.4) is 0 Å². The number of rotatable bonds is 2. The Hall–Kier alpha value is -5.48. The fourth-order valence-corrected chi connectivity index (χ4v) is 9.50. The summed E-state index contributed by atoms with van der Waals surface area (Å²) in [7, 11) is 0. The molecule has 8 aromatic rings. The lowest BCUT2D eigenvalue weighted by Gasteiger charge is -2.44. The molecule has 4 heteroatoms. The van der Waals surface area contributed by atoms with E-state index in [0.29, 0.717) is 0 Å². The first-order valence-corrected chi connectivity index (χ1v) is 18.1. The maximum Gasteiger partial charge on any atom is 0.269 e. The van der Waals surface area contributed by atoms with Gasteiger partial charge in [-0.3, -0.25) is 0 Å². The summed E-state index contributed by atoms with van der Waals surface area (Å²) in [6.45, 7) is 17.8. The van der Waals surface area contributed by atoms with Crippen molar-refractivity contribution in [2.75, 3.05) is 0 Å². The molecular weight excluding hydrogens is 625 g/mol. The molecule has 0 atom stereocenters. The van der Waals surface area contributed by atoms with Crippen LogP contribution in [0.5, 0.6) is 11.5 Å². The van der Waals surface area contributed by atoms with Gasteiger partial charge < -0.3 is 18.6 Å². The van der Waals surface area contributed by atoms with Crippen molar-refractivity contribution in [3.05, 3.63) is 143 Å². The number of nitrogens with zero attached hydrogens (tertiary/aromatic N) is 2. The fourth-order valence-electron chi connectivity index (χ4n) is 9.50. The number of hydrogen-bond donors (Lipinski definition) is 0. The van der Waals surface area contributed by atoms with Gasteiger partial charge in [0.2, 0.25) is 0 Å². The number of fused-ring (bicyclic) bond motifs is 8. The van der Waals surface area contributed by atoms with Crippen LogP contribution in [0.25, 0.3) is 55.0 Å². The maximum absolute atomic E-state index is 7.11. The van der Waals surface area contributed by atoms with Crippen molar-refractivity contribution in [3.8, 4) is 22.9 Å². The van der Waals surface area contributed by atoms with Gasteiger partial charge in [0.15, 0.2) is 0 Å². The van der Waals surface area contributed by atoms with Gasteiger partial charge in [-0.15, -0.1) is 0 Å². The Bertz CT molecular complexity index is 2500. The molecule has 0 unspecified atom stereocenters. The fraction of sp³-hybridized carbons (Fsp3) is 0.234. The lowest BCUT2D eigenvalue weighted by molar-refractivity contribution is -0.169. The molecule has 0 fully saturated rings. The van der Waals surface area contributed by atoms with Crippen LogP contribution in [0.1, 0.15) is 61.1 Å². The quantitative estimate of drug-likeness (QED) is 0.184. The summed E-state index contributed by atoms with van der Waals surface area (Å²) in [6, 6.07) is 40.5. The second-order valence-corrected chi connectivity index (χ2v) is 16.2. The zero-order valence-corrected chi connectivity index (χ0v) is 30.6. The van der Waals surface area contributed by atoms with Crippen LogP contribution in [0.15, 0.2) is 109 Å². The first-order chi connectivity index (χ1) is 24.4. The number of ether oxygens (including phenoxy) is 2. The molecule has 0 saturated carbocycles. The van der Waals surface area contributed by atoms with Crippen molar-refractivity contribution in [1.29, 1.82) is 0 Å². The van der Waals surface area contributed by atoms with E-state index < -0.39 is 16.6 Å². The van der Waals surface area contributed by atoms with E-state index in [1.54, 1.807) is 0 Å². The predicted octanol–water partition coefficient (Wildman–Crippen LogP) is 11.9. The Morgan fingerprint density at radius 1 is 0.392 bits per heavy atom. The Balaban J connectivity index is 1.11. The minimum Gasteiger partial charge on any atom is -0.450 e. The molecule has 0 amide bonds. The van der Waals surface area contributed by atoms with Crippen molar-refractivity contribution in [1.82, 2.24) is 9.13 Å². The van der Waals surface area contributed by atoms with E-state index in [1.807, 2.05) is 0 Å². The summed E-state index contributed by atoms with van der Waals surface area (Å²) in [5, 5.41) is 5.12. The largest absolute Gasteiger partial charge is 0.450 e. The van der Waals surface area contributed by atoms with E-state index >= 15 is 0 Å². The van der Waals surface area contributed by atoms with Gasteiger partial charge in [0.05, 0.1) is 32.9 Å². The van der Waals surface area contributed by atoms with Gasteiger partial charge in [0.1, 0.15) is 11.5 Å². The topological polar surface area (TPSA) is 28.3 Å². The highest BCUT2D eigenvalue weighted by molar-refractivity contribution is 6.10. The molecule has 0 aliphatic carbocycles. The van der Waals surface area contributed by atoms with E-state index in [2.05, 4.69) is 174 Å². The van der Waals surface area contributed by atoms with Gasteiger partial charge in [-0.1, -0.05) is 46.5 Å². The van der Waals surface area contributed by atoms with E-state index in [-0.39, 0.29) is 0 Å². The van der Waals surface area contributed by atoms with Crippen LogP contribution < -0.4 is 9.47 Å². The van der Waals surface area contributed by atoms with Crippen molar-refractivity contribution in [2.24, 2.45) is 0 Å². The standard InChI is InChI=1S/C47H42N2O2/c1-27-9-15-39-33(21-27)34-22-28(2)10-16-40(34)48(39)31-13-19-43-37(25-31)45(5,6)47(50-43)46(7,8)38-26-32(14-20-44(38)51-47)49-41-17-11-29(3)23-35(41)36-24-30(4)12-18-42(36)49/h9-26H,1-8H3. The molecule has 0 saturated heterocycles. The van der Waals surface area contributed by atoms with Crippen molar-refractivity contribution in [3.63, 3.8) is 0 Å². The summed E-state index contributed by atoms with van der Waals surface area (Å²) in [6.07, 6.45) is 0. The second-order valence-electron chi connectivity index (χ2n) is 16.2. The molecule has 0 bridgehead atoms. The molecule has 10 rings (SSSR count). The predicted molar refractivity (Wildman–Crippen MR) is 211 cm³/mol. The lowest BCUT2D eigenvalue weighted by Crippen LogP contribution is -2.61. The van der Waals surface area contributed by atoms with Crippen LogP contribution in [-0.2, 0) is 10.8 Å². The molecule has 51 heavy (non-hydrogen) atoms. The third-order valence-corrected chi connectivity index (χ3v) is 12.1. The highest BCUT2D eigenvalue weighted by Crippen LogP contribution is 2.62. The first-order valence-electron chi connectivity index (χ1n) is 18.1. The highest BCUT2D eigenvalue weighted by atomic mass is 16.7. The van der Waals surface area contributed by atoms with Gasteiger partial charge in [0, 0.05) is 44.0 Å². The Morgan fingerprint density at radius 2 is 0.706 bits per heavy atom. The average molecular weight is 667 g/mol. The molecule has 6 aromatic carbocycles. The van der Waals surface area contributed by atoms with Gasteiger partial charge >= 0.3 is 0 Å². The number of benzene rings is 6. The SMILES string of the molecule is Cc1ccc2c(c1)c1cc(C)ccc1n2-c1ccc2c(c1)C(C)(C)C1(O2)Oc2ccc(-n3c4ccc(C)cc4c4cc(C)ccc43)cc2C1(C)C. The molecule has 4 heterocycles. The van der Waals surface area contributed by atoms with E-state index in [4.69, 9.17) is 9.47 Å². The van der Waals surface area contributed by atoms with Gasteiger partial charge in [-0.25, -0.2) is 0 Å². The molecule has 2 aliphatic heterocycles. The normalized spacial score (nSPS) is 16.6. The number of aryl methyl sites for hydroxylation is 4. The molecular formula is C47H42N2O2. The van der Waals surface area contributed by atoms with Crippen molar-refractivity contribution < 1.29 is 9.47 Å². The van der Waals surface area contributed by atoms with Gasteiger partial charge in [-0.05, 0) is 140 Å². The molecule has 0 radical (unpaired) electrons. The Kier molecular flexibility index (Phi) is 5.86. The summed E-state index contributed by atoms with van der Waals surface area (Å²) >= 11 is 0. The second kappa shape index (κ2) is 9.85. The smallest absolute Gasteiger partial charge is 0.269 e. The maximum atomic E-state index is 7.11. The Labute approximate surface area is 298 Å². The third kappa shape index (κ3) is 3.85. The minimum atomic E-state index is -0.938. The van der Waals surface area contributed by atoms with E-state index in [1.165, 1.54) is 65.9 Å². The van der Waals surface area contributed by atoms with E-state index in [0.717, 1.165) is 34.0 Å². The zero-order chi connectivity index (χ0) is 35.2. The molecule has 252 valence electrons.